The summed E-state index contributed by atoms with van der Waals surface area (Å²) in [4.78, 5) is 7.48. The predicted octanol–water partition coefficient (Wildman–Crippen LogP) is 1.94. The van der Waals surface area contributed by atoms with E-state index in [-0.39, 0.29) is 0 Å². The summed E-state index contributed by atoms with van der Waals surface area (Å²) in [5, 5.41) is 0.476. The Morgan fingerprint density at radius 1 is 1.60 bits per heavy atom. The van der Waals surface area contributed by atoms with Crippen molar-refractivity contribution >= 4 is 34.4 Å². The summed E-state index contributed by atoms with van der Waals surface area (Å²) in [7, 11) is 0. The van der Waals surface area contributed by atoms with E-state index in [9.17, 15) is 4.39 Å². The van der Waals surface area contributed by atoms with Crippen molar-refractivity contribution in [3.05, 3.63) is 15.7 Å². The molecule has 54 valence electrons. The lowest BCUT2D eigenvalue weighted by molar-refractivity contribution is 0.560. The SMILES string of the molecule is CSc1nc(F)cc(I)n1. The number of nitrogens with zero attached hydrogens (tertiary/aromatic N) is 2. The van der Waals surface area contributed by atoms with Crippen LogP contribution in [0, 0.1) is 9.65 Å². The number of hydrogen-bond donors (Lipinski definition) is 0. The molecule has 0 saturated heterocycles. The number of hydrogen-bond acceptors (Lipinski definition) is 3. The van der Waals surface area contributed by atoms with E-state index in [0.29, 0.717) is 8.86 Å². The average molecular weight is 270 g/mol. The molecule has 0 aliphatic rings. The van der Waals surface area contributed by atoms with Gasteiger partial charge >= 0.3 is 0 Å². The molecule has 0 radical (unpaired) electrons. The molecule has 5 heteroatoms. The molecule has 0 spiro atoms. The summed E-state index contributed by atoms with van der Waals surface area (Å²) in [5.41, 5.74) is 0. The Balaban J connectivity index is 3.06. The van der Waals surface area contributed by atoms with Crippen LogP contribution in [0.5, 0.6) is 0 Å². The van der Waals surface area contributed by atoms with Gasteiger partial charge in [0.15, 0.2) is 5.16 Å². The summed E-state index contributed by atoms with van der Waals surface area (Å²) in [5.74, 6) is -0.469. The molecule has 0 aliphatic carbocycles. The minimum absolute atomic E-state index is 0.469. The van der Waals surface area contributed by atoms with E-state index in [4.69, 9.17) is 0 Å². The quantitative estimate of drug-likeness (QED) is 0.337. The zero-order chi connectivity index (χ0) is 7.56. The van der Waals surface area contributed by atoms with Gasteiger partial charge < -0.3 is 0 Å². The Bertz CT molecular complexity index is 223. The Morgan fingerprint density at radius 2 is 2.30 bits per heavy atom. The Labute approximate surface area is 75.8 Å². The van der Waals surface area contributed by atoms with E-state index in [1.54, 1.807) is 0 Å². The molecule has 0 atom stereocenters. The molecular weight excluding hydrogens is 266 g/mol. The summed E-state index contributed by atoms with van der Waals surface area (Å²) in [6, 6.07) is 1.29. The summed E-state index contributed by atoms with van der Waals surface area (Å²) < 4.78 is 13.1. The first-order chi connectivity index (χ1) is 4.72. The number of thioether (sulfide) groups is 1. The normalized spacial score (nSPS) is 9.90. The molecule has 0 unspecified atom stereocenters. The van der Waals surface area contributed by atoms with Crippen LogP contribution in [0.4, 0.5) is 4.39 Å². The standard InChI is InChI=1S/C5H4FIN2S/c1-10-5-8-3(6)2-4(7)9-5/h2H,1H3. The lowest BCUT2D eigenvalue weighted by Gasteiger charge is -1.94. The highest BCUT2D eigenvalue weighted by molar-refractivity contribution is 14.1. The van der Waals surface area contributed by atoms with Crippen molar-refractivity contribution in [2.45, 2.75) is 5.16 Å². The maximum atomic E-state index is 12.4. The molecule has 0 aliphatic heterocycles. The second kappa shape index (κ2) is 3.47. The van der Waals surface area contributed by atoms with Crippen LogP contribution in [0.3, 0.4) is 0 Å². The molecular formula is C5H4FIN2S. The van der Waals surface area contributed by atoms with Gasteiger partial charge in [0.2, 0.25) is 5.95 Å². The zero-order valence-electron chi connectivity index (χ0n) is 5.14. The Morgan fingerprint density at radius 3 is 2.80 bits per heavy atom. The van der Waals surface area contributed by atoms with Crippen molar-refractivity contribution in [1.29, 1.82) is 0 Å². The third kappa shape index (κ3) is 2.05. The van der Waals surface area contributed by atoms with Crippen molar-refractivity contribution in [2.24, 2.45) is 0 Å². The lowest BCUT2D eigenvalue weighted by atomic mass is 10.7. The minimum atomic E-state index is -0.469. The van der Waals surface area contributed by atoms with Crippen LogP contribution >= 0.6 is 34.4 Å². The summed E-state index contributed by atoms with van der Waals surface area (Å²) in [6.45, 7) is 0. The average Bonchev–Trinajstić information content (AvgIpc) is 1.85. The van der Waals surface area contributed by atoms with Crippen molar-refractivity contribution in [3.8, 4) is 0 Å². The second-order valence-electron chi connectivity index (χ2n) is 1.50. The monoisotopic (exact) mass is 270 g/mol. The predicted molar refractivity (Wildman–Crippen MR) is 46.5 cm³/mol. The first-order valence-electron chi connectivity index (χ1n) is 2.46. The van der Waals surface area contributed by atoms with E-state index < -0.39 is 5.95 Å². The van der Waals surface area contributed by atoms with Gasteiger partial charge in [0.1, 0.15) is 3.70 Å². The molecule has 1 aromatic rings. The maximum Gasteiger partial charge on any atom is 0.217 e. The fourth-order valence-corrected chi connectivity index (χ4v) is 1.48. The third-order valence-corrected chi connectivity index (χ3v) is 1.93. The van der Waals surface area contributed by atoms with Gasteiger partial charge in [-0.3, -0.25) is 0 Å². The molecule has 0 N–H and O–H groups in total. The molecule has 0 saturated carbocycles. The van der Waals surface area contributed by atoms with Crippen LogP contribution in [-0.2, 0) is 0 Å². The number of aromatic nitrogens is 2. The Hall–Kier alpha value is 0.0900. The van der Waals surface area contributed by atoms with Crippen molar-refractivity contribution in [1.82, 2.24) is 9.97 Å². The van der Waals surface area contributed by atoms with Crippen LogP contribution in [0.2, 0.25) is 0 Å². The highest BCUT2D eigenvalue weighted by Gasteiger charge is 1.98. The molecule has 1 rings (SSSR count). The molecule has 10 heavy (non-hydrogen) atoms. The van der Waals surface area contributed by atoms with Crippen molar-refractivity contribution in [2.75, 3.05) is 6.26 Å². The first kappa shape index (κ1) is 8.19. The maximum absolute atomic E-state index is 12.4. The molecule has 0 aromatic carbocycles. The van der Waals surface area contributed by atoms with Gasteiger partial charge in [-0.15, -0.1) is 0 Å². The van der Waals surface area contributed by atoms with Crippen LogP contribution in [-0.4, -0.2) is 16.2 Å². The van der Waals surface area contributed by atoms with Gasteiger partial charge in [-0.2, -0.15) is 9.37 Å². The van der Waals surface area contributed by atoms with Gasteiger partial charge in [0, 0.05) is 6.07 Å². The van der Waals surface area contributed by atoms with Crippen LogP contribution in [0.1, 0.15) is 0 Å². The van der Waals surface area contributed by atoms with Gasteiger partial charge in [-0.05, 0) is 28.8 Å². The number of rotatable bonds is 1. The second-order valence-corrected chi connectivity index (χ2v) is 3.38. The molecule has 0 amide bonds. The topological polar surface area (TPSA) is 25.8 Å². The van der Waals surface area contributed by atoms with E-state index in [1.807, 2.05) is 28.8 Å². The molecule has 0 bridgehead atoms. The van der Waals surface area contributed by atoms with Crippen molar-refractivity contribution < 1.29 is 4.39 Å². The molecule has 1 aromatic heterocycles. The first-order valence-corrected chi connectivity index (χ1v) is 4.77. The zero-order valence-corrected chi connectivity index (χ0v) is 8.11. The van der Waals surface area contributed by atoms with Gasteiger partial charge in [0.05, 0.1) is 0 Å². The largest absolute Gasteiger partial charge is 0.217 e. The fraction of sp³-hybridized carbons (Fsp3) is 0.200. The molecule has 1 heterocycles. The molecule has 0 fully saturated rings. The highest BCUT2D eigenvalue weighted by atomic mass is 127. The summed E-state index contributed by atoms with van der Waals surface area (Å²) in [6.07, 6.45) is 1.81. The number of halogens is 2. The van der Waals surface area contributed by atoms with Gasteiger partial charge in [0.25, 0.3) is 0 Å². The van der Waals surface area contributed by atoms with Crippen LogP contribution in [0.25, 0.3) is 0 Å². The van der Waals surface area contributed by atoms with Crippen LogP contribution in [0.15, 0.2) is 11.2 Å². The van der Waals surface area contributed by atoms with E-state index in [2.05, 4.69) is 9.97 Å². The van der Waals surface area contributed by atoms with Crippen LogP contribution < -0.4 is 0 Å². The fourth-order valence-electron chi connectivity index (χ4n) is 0.462. The van der Waals surface area contributed by atoms with E-state index in [0.717, 1.165) is 0 Å². The third-order valence-electron chi connectivity index (χ3n) is 0.826. The Kier molecular flexibility index (Phi) is 2.84. The minimum Gasteiger partial charge on any atom is -0.216 e. The van der Waals surface area contributed by atoms with E-state index in [1.165, 1.54) is 17.8 Å². The van der Waals surface area contributed by atoms with Gasteiger partial charge in [-0.25, -0.2) is 4.98 Å². The van der Waals surface area contributed by atoms with E-state index >= 15 is 0 Å². The molecule has 2 nitrogen and oxygen atoms in total. The van der Waals surface area contributed by atoms with Gasteiger partial charge in [-0.1, -0.05) is 11.8 Å². The summed E-state index contributed by atoms with van der Waals surface area (Å²) >= 11 is 3.28. The smallest absolute Gasteiger partial charge is 0.216 e. The highest BCUT2D eigenvalue weighted by Crippen LogP contribution is 2.10. The lowest BCUT2D eigenvalue weighted by Crippen LogP contribution is -1.91. The van der Waals surface area contributed by atoms with Crippen molar-refractivity contribution in [3.63, 3.8) is 0 Å².